The molecule has 180 valence electrons. The van der Waals surface area contributed by atoms with Crippen LogP contribution in [0.1, 0.15) is 44.9 Å². The van der Waals surface area contributed by atoms with E-state index in [1.165, 1.54) is 18.2 Å². The fourth-order valence-electron chi connectivity index (χ4n) is 4.60. The van der Waals surface area contributed by atoms with Crippen molar-refractivity contribution in [3.8, 4) is 11.5 Å². The minimum atomic E-state index is -3.74. The van der Waals surface area contributed by atoms with Gasteiger partial charge in [0.2, 0.25) is 5.91 Å². The van der Waals surface area contributed by atoms with Gasteiger partial charge >= 0.3 is 6.29 Å². The van der Waals surface area contributed by atoms with Crippen molar-refractivity contribution in [2.75, 3.05) is 11.9 Å². The Bertz CT molecular complexity index is 1310. The third-order valence-electron chi connectivity index (χ3n) is 6.47. The molecule has 0 spiro atoms. The minimum Gasteiger partial charge on any atom is -0.395 e. The van der Waals surface area contributed by atoms with Gasteiger partial charge in [0.1, 0.15) is 5.82 Å². The highest BCUT2D eigenvalue weighted by molar-refractivity contribution is 6.02. The zero-order chi connectivity index (χ0) is 24.5. The summed E-state index contributed by atoms with van der Waals surface area (Å²) in [4.78, 5) is 13.2. The summed E-state index contributed by atoms with van der Waals surface area (Å²) < 4.78 is 52.6. The summed E-state index contributed by atoms with van der Waals surface area (Å²) in [5.41, 5.74) is 0.940. The molecular formula is C25H25F3N2O4. The molecule has 1 aromatic heterocycles. The van der Waals surface area contributed by atoms with Crippen molar-refractivity contribution in [1.29, 1.82) is 0 Å². The first-order chi connectivity index (χ1) is 15.9. The van der Waals surface area contributed by atoms with Crippen LogP contribution in [0.15, 0.2) is 36.4 Å². The molecule has 9 heteroatoms. The summed E-state index contributed by atoms with van der Waals surface area (Å²) in [6.45, 7) is 6.34. The summed E-state index contributed by atoms with van der Waals surface area (Å²) >= 11 is 0. The lowest BCUT2D eigenvalue weighted by atomic mass is 9.92. The number of aliphatic hydroxyl groups excluding tert-OH is 1. The number of nitrogens with one attached hydrogen (secondary N) is 1. The number of carbonyl (C=O) groups excluding carboxylic acids is 1. The predicted octanol–water partition coefficient (Wildman–Crippen LogP) is 5.06. The van der Waals surface area contributed by atoms with Crippen LogP contribution < -0.4 is 14.8 Å². The van der Waals surface area contributed by atoms with Crippen LogP contribution in [0, 0.1) is 5.82 Å². The number of hydrogen-bond acceptors (Lipinski definition) is 4. The Morgan fingerprint density at radius 1 is 1.12 bits per heavy atom. The topological polar surface area (TPSA) is 72.7 Å². The number of halogens is 3. The van der Waals surface area contributed by atoms with Gasteiger partial charge in [-0.25, -0.2) is 4.39 Å². The highest BCUT2D eigenvalue weighted by Gasteiger charge is 2.53. The number of nitrogens with zero attached hydrogens (tertiary/aromatic N) is 1. The second kappa shape index (κ2) is 7.40. The predicted molar refractivity (Wildman–Crippen MR) is 120 cm³/mol. The van der Waals surface area contributed by atoms with Crippen molar-refractivity contribution in [3.05, 3.63) is 53.5 Å². The molecule has 2 aliphatic rings. The molecular weight excluding hydrogens is 449 g/mol. The molecule has 5 rings (SSSR count). The van der Waals surface area contributed by atoms with Gasteiger partial charge in [0, 0.05) is 29.1 Å². The van der Waals surface area contributed by atoms with Crippen molar-refractivity contribution in [3.63, 3.8) is 0 Å². The van der Waals surface area contributed by atoms with E-state index >= 15 is 4.39 Å². The van der Waals surface area contributed by atoms with E-state index in [0.29, 0.717) is 30.5 Å². The quantitative estimate of drug-likeness (QED) is 0.542. The fraction of sp³-hybridized carbons (Fsp3) is 0.400. The zero-order valence-corrected chi connectivity index (χ0v) is 19.0. The van der Waals surface area contributed by atoms with Crippen LogP contribution in [-0.4, -0.2) is 28.5 Å². The lowest BCUT2D eigenvalue weighted by molar-refractivity contribution is -0.286. The molecule has 1 saturated carbocycles. The third-order valence-corrected chi connectivity index (χ3v) is 6.47. The lowest BCUT2D eigenvalue weighted by Gasteiger charge is -2.21. The largest absolute Gasteiger partial charge is 0.586 e. The van der Waals surface area contributed by atoms with Crippen LogP contribution in [0.25, 0.3) is 10.9 Å². The first kappa shape index (κ1) is 22.6. The maximum Gasteiger partial charge on any atom is 0.586 e. The Morgan fingerprint density at radius 2 is 1.82 bits per heavy atom. The van der Waals surface area contributed by atoms with Crippen LogP contribution >= 0.6 is 0 Å². The van der Waals surface area contributed by atoms with Crippen LogP contribution in [0.3, 0.4) is 0 Å². The van der Waals surface area contributed by atoms with Gasteiger partial charge < -0.3 is 24.5 Å². The highest BCUT2D eigenvalue weighted by atomic mass is 19.3. The van der Waals surface area contributed by atoms with Gasteiger partial charge in [-0.3, -0.25) is 4.79 Å². The molecule has 2 heterocycles. The zero-order valence-electron chi connectivity index (χ0n) is 19.0. The van der Waals surface area contributed by atoms with Gasteiger partial charge in [-0.05, 0) is 42.7 Å². The number of benzene rings is 2. The maximum atomic E-state index is 15.1. The summed E-state index contributed by atoms with van der Waals surface area (Å²) in [5.74, 6) is -1.24. The summed E-state index contributed by atoms with van der Waals surface area (Å²) in [6, 6.07) is 9.17. The van der Waals surface area contributed by atoms with E-state index in [-0.39, 0.29) is 29.2 Å². The Hall–Kier alpha value is -3.20. The minimum absolute atomic E-state index is 0.0395. The monoisotopic (exact) mass is 474 g/mol. The summed E-state index contributed by atoms with van der Waals surface area (Å²) in [7, 11) is 0. The first-order valence-corrected chi connectivity index (χ1v) is 11.1. The number of anilines is 1. The molecule has 3 aromatic rings. The van der Waals surface area contributed by atoms with E-state index in [0.717, 1.165) is 11.1 Å². The van der Waals surface area contributed by atoms with Crippen molar-refractivity contribution >= 4 is 22.5 Å². The lowest BCUT2D eigenvalue weighted by Crippen LogP contribution is -2.28. The second-order valence-corrected chi connectivity index (χ2v) is 9.91. The molecule has 6 nitrogen and oxygen atoms in total. The molecule has 1 fully saturated rings. The maximum absolute atomic E-state index is 15.1. The van der Waals surface area contributed by atoms with Crippen molar-refractivity contribution in [2.45, 2.75) is 57.3 Å². The van der Waals surface area contributed by atoms with E-state index in [2.05, 4.69) is 14.8 Å². The molecule has 0 unspecified atom stereocenters. The number of amides is 1. The van der Waals surface area contributed by atoms with E-state index in [9.17, 15) is 18.7 Å². The summed E-state index contributed by atoms with van der Waals surface area (Å²) in [5, 5.41) is 12.9. The van der Waals surface area contributed by atoms with E-state index in [4.69, 9.17) is 0 Å². The highest BCUT2D eigenvalue weighted by Crippen LogP contribution is 2.52. The summed E-state index contributed by atoms with van der Waals surface area (Å²) in [6.07, 6.45) is -2.74. The number of hydrogen-bond donors (Lipinski definition) is 2. The second-order valence-electron chi connectivity index (χ2n) is 9.91. The van der Waals surface area contributed by atoms with Gasteiger partial charge in [0.25, 0.3) is 0 Å². The average Bonchev–Trinajstić information content (AvgIpc) is 3.39. The van der Waals surface area contributed by atoms with Crippen molar-refractivity contribution in [1.82, 2.24) is 4.57 Å². The van der Waals surface area contributed by atoms with Crippen LogP contribution in [-0.2, 0) is 22.2 Å². The number of carbonyl (C=O) groups is 1. The van der Waals surface area contributed by atoms with Crippen molar-refractivity contribution in [2.24, 2.45) is 0 Å². The molecule has 34 heavy (non-hydrogen) atoms. The van der Waals surface area contributed by atoms with Crippen LogP contribution in [0.4, 0.5) is 18.9 Å². The van der Waals surface area contributed by atoms with Gasteiger partial charge in [-0.1, -0.05) is 26.8 Å². The van der Waals surface area contributed by atoms with Crippen LogP contribution in [0.2, 0.25) is 0 Å². The smallest absolute Gasteiger partial charge is 0.395 e. The number of alkyl halides is 2. The number of aromatic nitrogens is 1. The molecule has 0 saturated heterocycles. The molecule has 1 aliphatic heterocycles. The van der Waals surface area contributed by atoms with Crippen molar-refractivity contribution < 1.29 is 32.5 Å². The number of rotatable bonds is 5. The van der Waals surface area contributed by atoms with E-state index in [1.54, 1.807) is 12.1 Å². The Kier molecular flexibility index (Phi) is 4.91. The number of ether oxygens (including phenoxy) is 2. The Labute approximate surface area is 194 Å². The Morgan fingerprint density at radius 3 is 2.47 bits per heavy atom. The molecule has 2 N–H and O–H groups in total. The number of aliphatic hydroxyl groups is 1. The number of fused-ring (bicyclic) bond motifs is 2. The van der Waals surface area contributed by atoms with E-state index in [1.807, 2.05) is 31.4 Å². The average molecular weight is 474 g/mol. The third kappa shape index (κ3) is 3.68. The standard InChI is InChI=1S/C25H25F3N2O4/c1-23(2,3)21-11-14-10-17(16(26)13-18(14)30(21)8-9-31)29-22(32)24(6-7-24)15-4-5-19-20(12-15)34-25(27,28)33-19/h4-5,10-13,31H,6-9H2,1-3H3,(H,29,32). The molecule has 0 radical (unpaired) electrons. The molecule has 1 amide bonds. The normalized spacial score (nSPS) is 17.7. The fourth-order valence-corrected chi connectivity index (χ4v) is 4.60. The Balaban J connectivity index is 1.46. The SMILES string of the molecule is CC(C)(C)c1cc2cc(NC(=O)C3(c4ccc5c(c4)OC(F)(F)O5)CC3)c(F)cc2n1CCO. The van der Waals surface area contributed by atoms with E-state index < -0.39 is 23.4 Å². The van der Waals surface area contributed by atoms with Crippen LogP contribution in [0.5, 0.6) is 11.5 Å². The van der Waals surface area contributed by atoms with Gasteiger partial charge in [-0.15, -0.1) is 8.78 Å². The molecule has 1 aliphatic carbocycles. The molecule has 0 atom stereocenters. The van der Waals surface area contributed by atoms with Gasteiger partial charge in [0.05, 0.1) is 23.2 Å². The molecule has 2 aromatic carbocycles. The van der Waals surface area contributed by atoms with Gasteiger partial charge in [0.15, 0.2) is 11.5 Å². The first-order valence-electron chi connectivity index (χ1n) is 11.1. The van der Waals surface area contributed by atoms with Gasteiger partial charge in [-0.2, -0.15) is 0 Å². The molecule has 0 bridgehead atoms.